The van der Waals surface area contributed by atoms with Gasteiger partial charge in [-0.3, -0.25) is 9.88 Å². The molecule has 4 heteroatoms. The molecule has 0 aliphatic carbocycles. The van der Waals surface area contributed by atoms with Gasteiger partial charge in [-0.15, -0.1) is 11.3 Å². The summed E-state index contributed by atoms with van der Waals surface area (Å²) in [6.45, 7) is 7.73. The third-order valence-corrected chi connectivity index (χ3v) is 5.24. The van der Waals surface area contributed by atoms with Crippen molar-refractivity contribution in [3.63, 3.8) is 0 Å². The van der Waals surface area contributed by atoms with Gasteiger partial charge in [0.05, 0.1) is 11.0 Å². The number of rotatable bonds is 3. The van der Waals surface area contributed by atoms with Crippen molar-refractivity contribution in [1.29, 1.82) is 0 Å². The Hall–Kier alpha value is -1.23. The van der Waals surface area contributed by atoms with Gasteiger partial charge in [-0.25, -0.2) is 0 Å². The maximum absolute atomic E-state index is 4.21. The van der Waals surface area contributed by atoms with Gasteiger partial charge in [0.25, 0.3) is 0 Å². The molecule has 2 atom stereocenters. The Morgan fingerprint density at radius 2 is 2.19 bits per heavy atom. The van der Waals surface area contributed by atoms with Gasteiger partial charge in [0.1, 0.15) is 0 Å². The first kappa shape index (κ1) is 14.7. The molecular weight excluding hydrogens is 278 g/mol. The van der Waals surface area contributed by atoms with Crippen LogP contribution in [0.25, 0.3) is 0 Å². The maximum atomic E-state index is 4.21. The van der Waals surface area contributed by atoms with E-state index in [9.17, 15) is 0 Å². The van der Waals surface area contributed by atoms with E-state index in [-0.39, 0.29) is 5.54 Å². The van der Waals surface area contributed by atoms with Crippen LogP contribution in [0.5, 0.6) is 0 Å². The summed E-state index contributed by atoms with van der Waals surface area (Å²) in [6, 6.07) is 11.4. The van der Waals surface area contributed by atoms with Crippen LogP contribution in [0.4, 0.5) is 0 Å². The summed E-state index contributed by atoms with van der Waals surface area (Å²) in [6.07, 6.45) is 3.18. The first-order chi connectivity index (χ1) is 10.2. The summed E-state index contributed by atoms with van der Waals surface area (Å²) in [5.41, 5.74) is 3.30. The zero-order chi connectivity index (χ0) is 14.7. The maximum Gasteiger partial charge on any atom is 0.0794 e. The molecule has 0 spiro atoms. The van der Waals surface area contributed by atoms with Crippen LogP contribution in [-0.2, 0) is 12.1 Å². The first-order valence-corrected chi connectivity index (χ1v) is 8.47. The van der Waals surface area contributed by atoms with E-state index in [4.69, 9.17) is 0 Å². The van der Waals surface area contributed by atoms with Gasteiger partial charge < -0.3 is 5.32 Å². The van der Waals surface area contributed by atoms with E-state index >= 15 is 0 Å². The fourth-order valence-electron chi connectivity index (χ4n) is 3.09. The second-order valence-electron chi connectivity index (χ2n) is 6.14. The Balaban J connectivity index is 1.83. The monoisotopic (exact) mass is 301 g/mol. The molecule has 0 amide bonds. The van der Waals surface area contributed by atoms with Gasteiger partial charge in [0.15, 0.2) is 0 Å². The van der Waals surface area contributed by atoms with Crippen molar-refractivity contribution >= 4 is 11.3 Å². The van der Waals surface area contributed by atoms with Gasteiger partial charge >= 0.3 is 0 Å². The zero-order valence-electron chi connectivity index (χ0n) is 12.7. The molecule has 3 rings (SSSR count). The molecule has 1 aromatic carbocycles. The predicted octanol–water partition coefficient (Wildman–Crippen LogP) is 3.24. The van der Waals surface area contributed by atoms with Crippen LogP contribution < -0.4 is 5.32 Å². The molecule has 0 saturated carbocycles. The average Bonchev–Trinajstić information content (AvgIpc) is 2.95. The molecule has 1 N–H and O–H groups in total. The highest BCUT2D eigenvalue weighted by Crippen LogP contribution is 2.27. The average molecular weight is 301 g/mol. The number of nitrogens with zero attached hydrogens (tertiary/aromatic N) is 2. The highest BCUT2D eigenvalue weighted by atomic mass is 32.1. The number of nitrogens with one attached hydrogen (secondary N) is 1. The van der Waals surface area contributed by atoms with E-state index in [1.807, 2.05) is 11.7 Å². The van der Waals surface area contributed by atoms with E-state index in [1.54, 1.807) is 11.3 Å². The van der Waals surface area contributed by atoms with Gasteiger partial charge in [-0.2, -0.15) is 0 Å². The third-order valence-electron chi connectivity index (χ3n) is 4.47. The number of hydrogen-bond donors (Lipinski definition) is 1. The molecule has 2 heterocycles. The van der Waals surface area contributed by atoms with Gasteiger partial charge in [0.2, 0.25) is 0 Å². The molecular formula is C17H23N3S. The van der Waals surface area contributed by atoms with Gasteiger partial charge in [-0.05, 0) is 32.4 Å². The molecule has 2 aromatic rings. The van der Waals surface area contributed by atoms with Crippen LogP contribution in [0.2, 0.25) is 0 Å². The van der Waals surface area contributed by atoms with E-state index in [0.717, 1.165) is 19.6 Å². The van der Waals surface area contributed by atoms with Crippen LogP contribution in [0.1, 0.15) is 30.7 Å². The smallest absolute Gasteiger partial charge is 0.0794 e. The number of benzene rings is 1. The second kappa shape index (κ2) is 6.26. The largest absolute Gasteiger partial charge is 0.306 e. The Morgan fingerprint density at radius 3 is 2.90 bits per heavy atom. The lowest BCUT2D eigenvalue weighted by molar-refractivity contribution is 0.167. The van der Waals surface area contributed by atoms with Crippen LogP contribution in [0.3, 0.4) is 0 Å². The molecule has 1 fully saturated rings. The quantitative estimate of drug-likeness (QED) is 0.943. The summed E-state index contributed by atoms with van der Waals surface area (Å²) in [7, 11) is 0. The lowest BCUT2D eigenvalue weighted by atomic mass is 9.91. The Morgan fingerprint density at radius 1 is 1.38 bits per heavy atom. The first-order valence-electron chi connectivity index (χ1n) is 7.59. The summed E-state index contributed by atoms with van der Waals surface area (Å²) >= 11 is 1.75. The molecule has 1 aliphatic rings. The Kier molecular flexibility index (Phi) is 4.38. The molecule has 0 bridgehead atoms. The van der Waals surface area contributed by atoms with Crippen molar-refractivity contribution in [3.8, 4) is 0 Å². The summed E-state index contributed by atoms with van der Waals surface area (Å²) < 4.78 is 0. The van der Waals surface area contributed by atoms with Crippen LogP contribution in [0, 0.1) is 0 Å². The molecule has 112 valence electrons. The van der Waals surface area contributed by atoms with Gasteiger partial charge in [0, 0.05) is 30.2 Å². The summed E-state index contributed by atoms with van der Waals surface area (Å²) in [5.74, 6) is 0. The lowest BCUT2D eigenvalue weighted by Crippen LogP contribution is -2.47. The standard InChI is InChI=1S/C17H23N3S/c1-14-8-9-19-17(2,15-6-4-3-5-7-15)12-20(14)11-16-10-18-13-21-16/h3-7,10,13-14,19H,8-9,11-12H2,1-2H3. The fourth-order valence-corrected chi connectivity index (χ4v) is 3.71. The minimum absolute atomic E-state index is 0.0106. The van der Waals surface area contributed by atoms with Crippen LogP contribution in [-0.4, -0.2) is 29.0 Å². The molecule has 1 aromatic heterocycles. The van der Waals surface area contributed by atoms with Crippen molar-refractivity contribution in [2.75, 3.05) is 13.1 Å². The molecule has 21 heavy (non-hydrogen) atoms. The van der Waals surface area contributed by atoms with Crippen LogP contribution >= 0.6 is 11.3 Å². The van der Waals surface area contributed by atoms with Crippen molar-refractivity contribution < 1.29 is 0 Å². The van der Waals surface area contributed by atoms with Crippen LogP contribution in [0.15, 0.2) is 42.0 Å². The molecule has 0 radical (unpaired) electrons. The van der Waals surface area contributed by atoms with Crippen molar-refractivity contribution in [1.82, 2.24) is 15.2 Å². The van der Waals surface area contributed by atoms with E-state index < -0.39 is 0 Å². The summed E-state index contributed by atoms with van der Waals surface area (Å²) in [5, 5.41) is 3.76. The number of thiazole rings is 1. The minimum Gasteiger partial charge on any atom is -0.306 e. The number of aromatic nitrogens is 1. The molecule has 3 nitrogen and oxygen atoms in total. The second-order valence-corrected chi connectivity index (χ2v) is 7.11. The predicted molar refractivity (Wildman–Crippen MR) is 88.4 cm³/mol. The minimum atomic E-state index is 0.0106. The Bertz CT molecular complexity index is 555. The molecule has 2 unspecified atom stereocenters. The highest BCUT2D eigenvalue weighted by Gasteiger charge is 2.33. The van der Waals surface area contributed by atoms with Crippen molar-refractivity contribution in [3.05, 3.63) is 52.5 Å². The van der Waals surface area contributed by atoms with E-state index in [1.165, 1.54) is 16.9 Å². The molecule has 1 saturated heterocycles. The normalized spacial score (nSPS) is 27.4. The van der Waals surface area contributed by atoms with E-state index in [2.05, 4.69) is 59.4 Å². The lowest BCUT2D eigenvalue weighted by Gasteiger charge is -2.35. The Labute approximate surface area is 131 Å². The fraction of sp³-hybridized carbons (Fsp3) is 0.471. The van der Waals surface area contributed by atoms with Gasteiger partial charge in [-0.1, -0.05) is 30.3 Å². The number of hydrogen-bond acceptors (Lipinski definition) is 4. The zero-order valence-corrected chi connectivity index (χ0v) is 13.6. The summed E-state index contributed by atoms with van der Waals surface area (Å²) in [4.78, 5) is 8.14. The third kappa shape index (κ3) is 3.34. The van der Waals surface area contributed by atoms with E-state index in [0.29, 0.717) is 6.04 Å². The topological polar surface area (TPSA) is 28.2 Å². The molecule has 1 aliphatic heterocycles. The SMILES string of the molecule is CC1CCNC(C)(c2ccccc2)CN1Cc1cncs1. The van der Waals surface area contributed by atoms with Crippen molar-refractivity contribution in [2.24, 2.45) is 0 Å². The highest BCUT2D eigenvalue weighted by molar-refractivity contribution is 7.09. The van der Waals surface area contributed by atoms with Crippen molar-refractivity contribution in [2.45, 2.75) is 38.4 Å².